The lowest BCUT2D eigenvalue weighted by molar-refractivity contribution is 0.204. The van der Waals surface area contributed by atoms with Crippen LogP contribution in [-0.2, 0) is 0 Å². The van der Waals surface area contributed by atoms with Crippen molar-refractivity contribution in [2.75, 3.05) is 37.5 Å². The number of rotatable bonds is 7. The van der Waals surface area contributed by atoms with Gasteiger partial charge in [0, 0.05) is 44.7 Å². The lowest BCUT2D eigenvalue weighted by Crippen LogP contribution is -2.37. The molecule has 2 amide bonds. The first-order valence-electron chi connectivity index (χ1n) is 7.57. The first-order valence-corrected chi connectivity index (χ1v) is 7.57. The van der Waals surface area contributed by atoms with Gasteiger partial charge in [-0.1, -0.05) is 0 Å². The van der Waals surface area contributed by atoms with Crippen LogP contribution in [0.4, 0.5) is 16.2 Å². The number of urea groups is 1. The normalized spacial score (nSPS) is 13.9. The minimum Gasteiger partial charge on any atom is -0.396 e. The number of nitrogens with one attached hydrogen (secondary N) is 1. The molecule has 0 saturated heterocycles. The highest BCUT2D eigenvalue weighted by Gasteiger charge is 2.32. The van der Waals surface area contributed by atoms with Gasteiger partial charge in [-0.25, -0.2) is 4.79 Å². The van der Waals surface area contributed by atoms with E-state index in [4.69, 9.17) is 5.11 Å². The first kappa shape index (κ1) is 15.6. The average molecular weight is 291 g/mol. The van der Waals surface area contributed by atoms with Crippen molar-refractivity contribution in [3.8, 4) is 0 Å². The Morgan fingerprint density at radius 3 is 2.43 bits per heavy atom. The van der Waals surface area contributed by atoms with Crippen molar-refractivity contribution < 1.29 is 9.90 Å². The van der Waals surface area contributed by atoms with E-state index >= 15 is 0 Å². The summed E-state index contributed by atoms with van der Waals surface area (Å²) in [6.07, 6.45) is 3.77. The van der Waals surface area contributed by atoms with E-state index in [1.54, 1.807) is 0 Å². The Bertz CT molecular complexity index is 455. The van der Waals surface area contributed by atoms with E-state index in [2.05, 4.69) is 5.32 Å². The van der Waals surface area contributed by atoms with Crippen molar-refractivity contribution >= 4 is 17.4 Å². The van der Waals surface area contributed by atoms with Crippen LogP contribution in [0.15, 0.2) is 24.3 Å². The molecule has 0 atom stereocenters. The fraction of sp³-hybridized carbons (Fsp3) is 0.562. The molecular formula is C16H25N3O2. The molecule has 1 aliphatic rings. The summed E-state index contributed by atoms with van der Waals surface area (Å²) in [7, 11) is 3.98. The third-order valence-electron chi connectivity index (χ3n) is 3.69. The quantitative estimate of drug-likeness (QED) is 0.759. The van der Waals surface area contributed by atoms with Gasteiger partial charge in [0.2, 0.25) is 0 Å². The topological polar surface area (TPSA) is 55.8 Å². The molecule has 1 fully saturated rings. The number of anilines is 2. The van der Waals surface area contributed by atoms with Crippen LogP contribution >= 0.6 is 0 Å². The molecule has 116 valence electrons. The van der Waals surface area contributed by atoms with Gasteiger partial charge in [-0.05, 0) is 49.9 Å². The maximum Gasteiger partial charge on any atom is 0.322 e. The number of unbranched alkanes of at least 4 members (excludes halogenated alkanes) is 1. The monoisotopic (exact) mass is 291 g/mol. The van der Waals surface area contributed by atoms with Crippen LogP contribution in [0.5, 0.6) is 0 Å². The molecule has 2 N–H and O–H groups in total. The minimum absolute atomic E-state index is 0.0342. The van der Waals surface area contributed by atoms with Gasteiger partial charge in [-0.2, -0.15) is 0 Å². The summed E-state index contributed by atoms with van der Waals surface area (Å²) in [5, 5.41) is 11.8. The third kappa shape index (κ3) is 4.63. The zero-order valence-corrected chi connectivity index (χ0v) is 12.9. The van der Waals surface area contributed by atoms with E-state index in [-0.39, 0.29) is 12.6 Å². The molecule has 0 heterocycles. The largest absolute Gasteiger partial charge is 0.396 e. The van der Waals surface area contributed by atoms with Crippen LogP contribution in [0.1, 0.15) is 25.7 Å². The second-order valence-corrected chi connectivity index (χ2v) is 5.73. The van der Waals surface area contributed by atoms with Gasteiger partial charge in [-0.3, -0.25) is 0 Å². The number of carbonyl (C=O) groups excluding carboxylic acids is 1. The summed E-state index contributed by atoms with van der Waals surface area (Å²) in [4.78, 5) is 16.3. The van der Waals surface area contributed by atoms with E-state index in [0.29, 0.717) is 12.6 Å². The number of aliphatic hydroxyl groups excluding tert-OH is 1. The van der Waals surface area contributed by atoms with Crippen LogP contribution in [0, 0.1) is 0 Å². The molecule has 0 bridgehead atoms. The van der Waals surface area contributed by atoms with Gasteiger partial charge in [0.1, 0.15) is 0 Å². The summed E-state index contributed by atoms with van der Waals surface area (Å²) in [6.45, 7) is 0.902. The number of hydrogen-bond acceptors (Lipinski definition) is 3. The zero-order valence-electron chi connectivity index (χ0n) is 12.9. The van der Waals surface area contributed by atoms with E-state index in [1.807, 2.05) is 48.2 Å². The first-order chi connectivity index (χ1) is 10.1. The van der Waals surface area contributed by atoms with Crippen LogP contribution in [0.2, 0.25) is 0 Å². The van der Waals surface area contributed by atoms with Gasteiger partial charge < -0.3 is 20.2 Å². The predicted molar refractivity (Wildman–Crippen MR) is 85.8 cm³/mol. The molecule has 0 spiro atoms. The fourth-order valence-corrected chi connectivity index (χ4v) is 2.27. The van der Waals surface area contributed by atoms with Crippen molar-refractivity contribution in [3.63, 3.8) is 0 Å². The maximum absolute atomic E-state index is 12.3. The van der Waals surface area contributed by atoms with Crippen molar-refractivity contribution in [1.29, 1.82) is 0 Å². The standard InChI is InChI=1S/C16H25N3O2/c1-18(2)14-7-5-13(6-8-14)17-16(21)19(15-9-10-15)11-3-4-12-20/h5-8,15,20H,3-4,9-12H2,1-2H3,(H,17,21). The zero-order chi connectivity index (χ0) is 15.2. The number of amides is 2. The van der Waals surface area contributed by atoms with E-state index in [0.717, 1.165) is 37.1 Å². The number of hydrogen-bond donors (Lipinski definition) is 2. The molecule has 1 saturated carbocycles. The van der Waals surface area contributed by atoms with Crippen molar-refractivity contribution in [1.82, 2.24) is 4.90 Å². The highest BCUT2D eigenvalue weighted by atomic mass is 16.3. The summed E-state index contributed by atoms with van der Waals surface area (Å²) in [5.41, 5.74) is 1.92. The molecule has 21 heavy (non-hydrogen) atoms. The molecule has 5 heteroatoms. The van der Waals surface area contributed by atoms with Crippen LogP contribution in [-0.4, -0.2) is 49.3 Å². The predicted octanol–water partition coefficient (Wildman–Crippen LogP) is 2.52. The Balaban J connectivity index is 1.91. The summed E-state index contributed by atoms with van der Waals surface area (Å²) in [5.74, 6) is 0. The van der Waals surface area contributed by atoms with Gasteiger partial charge >= 0.3 is 6.03 Å². The Labute approximate surface area is 126 Å². The summed E-state index contributed by atoms with van der Waals surface area (Å²) < 4.78 is 0. The highest BCUT2D eigenvalue weighted by Crippen LogP contribution is 2.28. The Hall–Kier alpha value is -1.75. The van der Waals surface area contributed by atoms with Crippen molar-refractivity contribution in [3.05, 3.63) is 24.3 Å². The molecule has 0 aliphatic heterocycles. The molecule has 0 radical (unpaired) electrons. The van der Waals surface area contributed by atoms with E-state index in [9.17, 15) is 4.79 Å². The molecule has 1 aliphatic carbocycles. The van der Waals surface area contributed by atoms with Crippen LogP contribution in [0.3, 0.4) is 0 Å². The van der Waals surface area contributed by atoms with Crippen LogP contribution < -0.4 is 10.2 Å². The number of carbonyl (C=O) groups is 1. The SMILES string of the molecule is CN(C)c1ccc(NC(=O)N(CCCCO)C2CC2)cc1. The third-order valence-corrected chi connectivity index (χ3v) is 3.69. The maximum atomic E-state index is 12.3. The number of aliphatic hydroxyl groups is 1. The second kappa shape index (κ2) is 7.31. The van der Waals surface area contributed by atoms with E-state index < -0.39 is 0 Å². The molecule has 0 unspecified atom stereocenters. The molecule has 5 nitrogen and oxygen atoms in total. The fourth-order valence-electron chi connectivity index (χ4n) is 2.27. The molecule has 1 aromatic carbocycles. The van der Waals surface area contributed by atoms with Gasteiger partial charge in [0.25, 0.3) is 0 Å². The van der Waals surface area contributed by atoms with Gasteiger partial charge in [0.05, 0.1) is 0 Å². The van der Waals surface area contributed by atoms with Crippen molar-refractivity contribution in [2.24, 2.45) is 0 Å². The van der Waals surface area contributed by atoms with Gasteiger partial charge in [-0.15, -0.1) is 0 Å². The minimum atomic E-state index is -0.0342. The Morgan fingerprint density at radius 2 is 1.90 bits per heavy atom. The lowest BCUT2D eigenvalue weighted by atomic mass is 10.2. The Kier molecular flexibility index (Phi) is 5.44. The molecule has 1 aromatic rings. The van der Waals surface area contributed by atoms with E-state index in [1.165, 1.54) is 0 Å². The average Bonchev–Trinajstić information content (AvgIpc) is 3.28. The smallest absolute Gasteiger partial charge is 0.322 e. The number of nitrogens with zero attached hydrogens (tertiary/aromatic N) is 2. The number of benzene rings is 1. The molecule has 2 rings (SSSR count). The van der Waals surface area contributed by atoms with Crippen molar-refractivity contribution in [2.45, 2.75) is 31.7 Å². The highest BCUT2D eigenvalue weighted by molar-refractivity contribution is 5.90. The molecular weight excluding hydrogens is 266 g/mol. The molecule has 0 aromatic heterocycles. The lowest BCUT2D eigenvalue weighted by Gasteiger charge is -2.23. The van der Waals surface area contributed by atoms with Crippen LogP contribution in [0.25, 0.3) is 0 Å². The second-order valence-electron chi connectivity index (χ2n) is 5.73. The summed E-state index contributed by atoms with van der Waals surface area (Å²) in [6, 6.07) is 8.17. The van der Waals surface area contributed by atoms with Gasteiger partial charge in [0.15, 0.2) is 0 Å². The Morgan fingerprint density at radius 1 is 1.24 bits per heavy atom. The summed E-state index contributed by atoms with van der Waals surface area (Å²) >= 11 is 0.